The molecule has 7 heteroatoms. The van der Waals surface area contributed by atoms with Crippen LogP contribution in [0.15, 0.2) is 18.2 Å². The van der Waals surface area contributed by atoms with Crippen molar-refractivity contribution in [2.45, 2.75) is 25.7 Å². The fourth-order valence-corrected chi connectivity index (χ4v) is 3.73. The predicted molar refractivity (Wildman–Crippen MR) is 86.5 cm³/mol. The van der Waals surface area contributed by atoms with E-state index in [4.69, 9.17) is 5.73 Å². The molecule has 3 rings (SSSR count). The summed E-state index contributed by atoms with van der Waals surface area (Å²) in [5.41, 5.74) is 7.60. The van der Waals surface area contributed by atoms with Crippen LogP contribution in [-0.2, 0) is 10.0 Å². The zero-order valence-electron chi connectivity index (χ0n) is 12.6. The maximum atomic E-state index is 11.7. The van der Waals surface area contributed by atoms with Crippen LogP contribution in [0, 0.1) is 5.41 Å². The van der Waals surface area contributed by atoms with Gasteiger partial charge in [0.25, 0.3) is 5.91 Å². The van der Waals surface area contributed by atoms with E-state index in [0.717, 1.165) is 37.9 Å². The summed E-state index contributed by atoms with van der Waals surface area (Å²) in [6, 6.07) is 4.86. The van der Waals surface area contributed by atoms with Crippen LogP contribution in [0.5, 0.6) is 0 Å². The second-order valence-corrected chi connectivity index (χ2v) is 8.21. The molecule has 1 aliphatic heterocycles. The van der Waals surface area contributed by atoms with Crippen LogP contribution in [0.25, 0.3) is 0 Å². The van der Waals surface area contributed by atoms with Gasteiger partial charge in [0, 0.05) is 13.1 Å². The van der Waals surface area contributed by atoms with E-state index in [1.54, 1.807) is 18.2 Å². The Morgan fingerprint density at radius 2 is 1.86 bits per heavy atom. The number of nitrogens with zero attached hydrogens (tertiary/aromatic N) is 1. The Morgan fingerprint density at radius 3 is 2.36 bits per heavy atom. The summed E-state index contributed by atoms with van der Waals surface area (Å²) in [7, 11) is -3.35. The molecule has 22 heavy (non-hydrogen) atoms. The number of piperidine rings is 1. The van der Waals surface area contributed by atoms with Crippen molar-refractivity contribution in [2.75, 3.05) is 29.0 Å². The van der Waals surface area contributed by atoms with E-state index in [2.05, 4.69) is 9.62 Å². The van der Waals surface area contributed by atoms with E-state index >= 15 is 0 Å². The number of hydrogen-bond donors (Lipinski definition) is 2. The van der Waals surface area contributed by atoms with Gasteiger partial charge in [-0.3, -0.25) is 9.52 Å². The molecule has 1 aromatic carbocycles. The lowest BCUT2D eigenvalue weighted by atomic mass is 9.93. The van der Waals surface area contributed by atoms with Crippen molar-refractivity contribution in [3.63, 3.8) is 0 Å². The Kier molecular flexibility index (Phi) is 3.55. The molecular formula is C15H21N3O3S. The molecule has 0 aromatic heterocycles. The van der Waals surface area contributed by atoms with E-state index in [1.165, 1.54) is 12.8 Å². The second kappa shape index (κ2) is 5.15. The number of nitrogens with two attached hydrogens (primary N) is 1. The molecule has 1 saturated heterocycles. The first-order valence-electron chi connectivity index (χ1n) is 7.45. The van der Waals surface area contributed by atoms with E-state index in [-0.39, 0.29) is 0 Å². The van der Waals surface area contributed by atoms with Gasteiger partial charge in [0.1, 0.15) is 0 Å². The van der Waals surface area contributed by atoms with Crippen molar-refractivity contribution in [1.29, 1.82) is 0 Å². The van der Waals surface area contributed by atoms with Crippen LogP contribution >= 0.6 is 0 Å². The molecule has 120 valence electrons. The summed E-state index contributed by atoms with van der Waals surface area (Å²) in [5.74, 6) is -0.493. The van der Waals surface area contributed by atoms with E-state index in [1.807, 2.05) is 0 Å². The van der Waals surface area contributed by atoms with Crippen molar-refractivity contribution in [2.24, 2.45) is 11.1 Å². The number of amides is 1. The summed E-state index contributed by atoms with van der Waals surface area (Å²) >= 11 is 0. The van der Waals surface area contributed by atoms with Crippen LogP contribution in [0.2, 0.25) is 0 Å². The molecule has 2 aliphatic rings. The number of primary amides is 1. The zero-order chi connectivity index (χ0) is 16.0. The first kappa shape index (κ1) is 15.1. The standard InChI is InChI=1S/C15H21N3O3S/c1-22(20,21)17-11-2-3-12(14(16)19)13(10-11)18-8-6-15(4-5-15)7-9-18/h2-3,10,17H,4-9H2,1H3,(H2,16,19). The minimum absolute atomic E-state index is 0.436. The van der Waals surface area contributed by atoms with Crippen molar-refractivity contribution in [3.8, 4) is 0 Å². The molecule has 1 saturated carbocycles. The Balaban J connectivity index is 1.89. The number of sulfonamides is 1. The van der Waals surface area contributed by atoms with Gasteiger partial charge in [-0.2, -0.15) is 0 Å². The SMILES string of the molecule is CS(=O)(=O)Nc1ccc(C(N)=O)c(N2CCC3(CC2)CC3)c1. The lowest BCUT2D eigenvalue weighted by Crippen LogP contribution is -2.35. The number of carbonyl (C=O) groups excluding carboxylic acids is 1. The fraction of sp³-hybridized carbons (Fsp3) is 0.533. The third-order valence-corrected chi connectivity index (χ3v) is 5.29. The normalized spacial score (nSPS) is 20.0. The molecule has 1 spiro atoms. The summed E-state index contributed by atoms with van der Waals surface area (Å²) in [6.45, 7) is 1.76. The van der Waals surface area contributed by atoms with E-state index < -0.39 is 15.9 Å². The monoisotopic (exact) mass is 323 g/mol. The van der Waals surface area contributed by atoms with Crippen molar-refractivity contribution < 1.29 is 13.2 Å². The van der Waals surface area contributed by atoms with Gasteiger partial charge < -0.3 is 10.6 Å². The molecule has 1 amide bonds. The van der Waals surface area contributed by atoms with Crippen molar-refractivity contribution >= 4 is 27.3 Å². The highest BCUT2D eigenvalue weighted by Gasteiger charge is 2.44. The average Bonchev–Trinajstić information content (AvgIpc) is 3.17. The number of hydrogen-bond acceptors (Lipinski definition) is 4. The third-order valence-electron chi connectivity index (χ3n) is 4.69. The molecule has 0 radical (unpaired) electrons. The van der Waals surface area contributed by atoms with Crippen LogP contribution < -0.4 is 15.4 Å². The third kappa shape index (κ3) is 3.19. The number of nitrogens with one attached hydrogen (secondary N) is 1. The van der Waals surface area contributed by atoms with Gasteiger partial charge in [-0.15, -0.1) is 0 Å². The quantitative estimate of drug-likeness (QED) is 0.879. The molecule has 2 fully saturated rings. The molecule has 1 aromatic rings. The van der Waals surface area contributed by atoms with Crippen LogP contribution in [0.1, 0.15) is 36.0 Å². The lowest BCUT2D eigenvalue weighted by molar-refractivity contribution is 0.100. The lowest BCUT2D eigenvalue weighted by Gasteiger charge is -2.35. The van der Waals surface area contributed by atoms with Gasteiger partial charge in [-0.05, 0) is 49.3 Å². The number of anilines is 2. The minimum Gasteiger partial charge on any atom is -0.371 e. The predicted octanol–water partition coefficient (Wildman–Crippen LogP) is 1.54. The van der Waals surface area contributed by atoms with Gasteiger partial charge in [0.2, 0.25) is 10.0 Å². The molecule has 1 heterocycles. The second-order valence-electron chi connectivity index (χ2n) is 6.46. The van der Waals surface area contributed by atoms with Crippen LogP contribution in [-0.4, -0.2) is 33.7 Å². The largest absolute Gasteiger partial charge is 0.371 e. The first-order valence-corrected chi connectivity index (χ1v) is 9.34. The van der Waals surface area contributed by atoms with Gasteiger partial charge >= 0.3 is 0 Å². The Bertz CT molecular complexity index is 701. The highest BCUT2D eigenvalue weighted by molar-refractivity contribution is 7.92. The molecular weight excluding hydrogens is 302 g/mol. The Labute approximate surface area is 130 Å². The number of carbonyl (C=O) groups is 1. The molecule has 0 unspecified atom stereocenters. The highest BCUT2D eigenvalue weighted by atomic mass is 32.2. The van der Waals surface area contributed by atoms with Crippen LogP contribution in [0.3, 0.4) is 0 Å². The number of benzene rings is 1. The van der Waals surface area contributed by atoms with Gasteiger partial charge in [0.05, 0.1) is 23.2 Å². The van der Waals surface area contributed by atoms with Crippen LogP contribution in [0.4, 0.5) is 11.4 Å². The zero-order valence-corrected chi connectivity index (χ0v) is 13.4. The highest BCUT2D eigenvalue weighted by Crippen LogP contribution is 2.54. The maximum Gasteiger partial charge on any atom is 0.250 e. The van der Waals surface area contributed by atoms with Crippen molar-refractivity contribution in [1.82, 2.24) is 0 Å². The Hall–Kier alpha value is -1.76. The summed E-state index contributed by atoms with van der Waals surface area (Å²) < 4.78 is 25.2. The molecule has 0 atom stereocenters. The Morgan fingerprint density at radius 1 is 1.23 bits per heavy atom. The van der Waals surface area contributed by atoms with E-state index in [9.17, 15) is 13.2 Å². The average molecular weight is 323 g/mol. The number of rotatable bonds is 4. The van der Waals surface area contributed by atoms with E-state index in [0.29, 0.717) is 16.7 Å². The molecule has 1 aliphatic carbocycles. The summed E-state index contributed by atoms with van der Waals surface area (Å²) in [5, 5.41) is 0. The summed E-state index contributed by atoms with van der Waals surface area (Å²) in [6.07, 6.45) is 5.95. The van der Waals surface area contributed by atoms with Gasteiger partial charge in [-0.25, -0.2) is 8.42 Å². The molecule has 0 bridgehead atoms. The summed E-state index contributed by atoms with van der Waals surface area (Å²) in [4.78, 5) is 13.8. The van der Waals surface area contributed by atoms with Crippen molar-refractivity contribution in [3.05, 3.63) is 23.8 Å². The molecule has 6 nitrogen and oxygen atoms in total. The maximum absolute atomic E-state index is 11.7. The smallest absolute Gasteiger partial charge is 0.250 e. The minimum atomic E-state index is -3.35. The first-order chi connectivity index (χ1) is 10.3. The fourth-order valence-electron chi connectivity index (χ4n) is 3.18. The van der Waals surface area contributed by atoms with Gasteiger partial charge in [-0.1, -0.05) is 0 Å². The molecule has 3 N–H and O–H groups in total. The topological polar surface area (TPSA) is 92.5 Å². The van der Waals surface area contributed by atoms with Gasteiger partial charge in [0.15, 0.2) is 0 Å².